The van der Waals surface area contributed by atoms with Crippen molar-refractivity contribution in [3.05, 3.63) is 65.6 Å². The van der Waals surface area contributed by atoms with Crippen LogP contribution in [0.2, 0.25) is 6.32 Å². The summed E-state index contributed by atoms with van der Waals surface area (Å²) in [5.41, 5.74) is 4.61. The Kier molecular flexibility index (Phi) is 5.35. The van der Waals surface area contributed by atoms with Crippen LogP contribution in [0, 0.1) is 11.2 Å². The van der Waals surface area contributed by atoms with Crippen molar-refractivity contribution in [3.63, 3.8) is 0 Å². The molecule has 148 valence electrons. The molecule has 1 aliphatic heterocycles. The van der Waals surface area contributed by atoms with Crippen LogP contribution in [-0.4, -0.2) is 34.9 Å². The number of fused-ring (bicyclic) bond motifs is 1. The molecule has 0 saturated heterocycles. The van der Waals surface area contributed by atoms with Crippen molar-refractivity contribution in [2.45, 2.75) is 19.7 Å². The van der Waals surface area contributed by atoms with Crippen LogP contribution >= 0.6 is 0 Å². The van der Waals surface area contributed by atoms with Crippen LogP contribution in [0.1, 0.15) is 33.3 Å². The SMILES string of the molecule is CCOC(=O)c1ccc(Nc2c(-c3ccncc3)[nH]c3c2C(=O)B(C#N)CC3)cc1. The summed E-state index contributed by atoms with van der Waals surface area (Å²) in [7, 11) is 0. The minimum atomic E-state index is -0.648. The summed E-state index contributed by atoms with van der Waals surface area (Å²) in [6.45, 7) is 1.42. The van der Waals surface area contributed by atoms with Gasteiger partial charge in [-0.1, -0.05) is 0 Å². The first-order chi connectivity index (χ1) is 14.6. The zero-order chi connectivity index (χ0) is 21.1. The van der Waals surface area contributed by atoms with Gasteiger partial charge in [-0.25, -0.2) is 10.1 Å². The van der Waals surface area contributed by atoms with Gasteiger partial charge in [0.15, 0.2) is 0 Å². The average Bonchev–Trinajstić information content (AvgIpc) is 3.14. The number of hydrogen-bond donors (Lipinski definition) is 2. The Morgan fingerprint density at radius 3 is 2.67 bits per heavy atom. The lowest BCUT2D eigenvalue weighted by Gasteiger charge is -2.15. The first-order valence-corrected chi connectivity index (χ1v) is 9.75. The highest BCUT2D eigenvalue weighted by molar-refractivity contribution is 6.98. The highest BCUT2D eigenvalue weighted by Gasteiger charge is 2.36. The number of pyridine rings is 1. The molecular formula is C22H19BN4O3. The summed E-state index contributed by atoms with van der Waals surface area (Å²) in [6.07, 6.45) is 4.51. The number of aromatic amines is 1. The number of carbonyl (C=O) groups excluding carboxylic acids is 2. The van der Waals surface area contributed by atoms with Gasteiger partial charge in [0.2, 0.25) is 0 Å². The van der Waals surface area contributed by atoms with Crippen molar-refractivity contribution >= 4 is 29.7 Å². The van der Waals surface area contributed by atoms with E-state index in [4.69, 9.17) is 4.74 Å². The van der Waals surface area contributed by atoms with Crippen LogP contribution in [0.5, 0.6) is 0 Å². The number of nitrogens with one attached hydrogen (secondary N) is 2. The number of esters is 1. The van der Waals surface area contributed by atoms with Gasteiger partial charge in [0.05, 0.1) is 29.1 Å². The second-order valence-electron chi connectivity index (χ2n) is 6.97. The highest BCUT2D eigenvalue weighted by atomic mass is 16.5. The van der Waals surface area contributed by atoms with Gasteiger partial charge in [-0.15, -0.1) is 0 Å². The van der Waals surface area contributed by atoms with E-state index in [9.17, 15) is 14.9 Å². The first-order valence-electron chi connectivity index (χ1n) is 9.75. The second kappa shape index (κ2) is 8.25. The minimum Gasteiger partial charge on any atom is -0.462 e. The maximum absolute atomic E-state index is 13.0. The Bertz CT molecular complexity index is 1130. The number of aromatic nitrogens is 2. The number of rotatable bonds is 5. The third kappa shape index (κ3) is 3.58. The van der Waals surface area contributed by atoms with E-state index in [0.717, 1.165) is 17.0 Å². The van der Waals surface area contributed by atoms with Crippen molar-refractivity contribution in [1.29, 1.82) is 5.26 Å². The molecule has 0 fully saturated rings. The van der Waals surface area contributed by atoms with Crippen LogP contribution < -0.4 is 5.32 Å². The van der Waals surface area contributed by atoms with E-state index in [2.05, 4.69) is 21.3 Å². The predicted octanol–water partition coefficient (Wildman–Crippen LogP) is 3.83. The third-order valence-electron chi connectivity index (χ3n) is 5.11. The van der Waals surface area contributed by atoms with Crippen molar-refractivity contribution < 1.29 is 14.3 Å². The van der Waals surface area contributed by atoms with Crippen LogP contribution in [0.25, 0.3) is 11.3 Å². The molecule has 1 aromatic carbocycles. The summed E-state index contributed by atoms with van der Waals surface area (Å²) in [5, 5.41) is 12.7. The van der Waals surface area contributed by atoms with Gasteiger partial charge in [-0.2, -0.15) is 0 Å². The Balaban J connectivity index is 1.75. The molecule has 7 nitrogen and oxygen atoms in total. The molecule has 4 rings (SSSR count). The molecule has 0 amide bonds. The first kappa shape index (κ1) is 19.5. The van der Waals surface area contributed by atoms with Gasteiger partial charge in [0.25, 0.3) is 0 Å². The number of benzene rings is 1. The Morgan fingerprint density at radius 2 is 2.00 bits per heavy atom. The number of aryl methyl sites for hydroxylation is 1. The van der Waals surface area contributed by atoms with E-state index in [0.29, 0.717) is 41.8 Å². The molecule has 3 aromatic rings. The van der Waals surface area contributed by atoms with Crippen molar-refractivity contribution in [1.82, 2.24) is 9.97 Å². The van der Waals surface area contributed by atoms with Gasteiger partial charge in [-0.3, -0.25) is 4.98 Å². The minimum absolute atomic E-state index is 0.180. The molecule has 0 radical (unpaired) electrons. The molecule has 0 saturated carbocycles. The molecule has 8 heteroatoms. The second-order valence-corrected chi connectivity index (χ2v) is 6.97. The van der Waals surface area contributed by atoms with E-state index in [1.807, 2.05) is 12.1 Å². The van der Waals surface area contributed by atoms with Crippen LogP contribution in [0.3, 0.4) is 0 Å². The van der Waals surface area contributed by atoms with Gasteiger partial charge in [0.1, 0.15) is 5.68 Å². The third-order valence-corrected chi connectivity index (χ3v) is 5.11. The summed E-state index contributed by atoms with van der Waals surface area (Å²) >= 11 is 0. The fourth-order valence-electron chi connectivity index (χ4n) is 3.64. The number of H-pyrrole nitrogens is 1. The summed E-state index contributed by atoms with van der Waals surface area (Å²) in [6, 6.07) is 10.6. The molecular weight excluding hydrogens is 379 g/mol. The number of anilines is 2. The van der Waals surface area contributed by atoms with E-state index in [1.165, 1.54) is 0 Å². The van der Waals surface area contributed by atoms with E-state index in [1.54, 1.807) is 43.6 Å². The van der Waals surface area contributed by atoms with Gasteiger partial charge < -0.3 is 19.8 Å². The number of ether oxygens (including phenoxy) is 1. The van der Waals surface area contributed by atoms with Gasteiger partial charge >= 0.3 is 12.7 Å². The van der Waals surface area contributed by atoms with E-state index >= 15 is 0 Å². The lowest BCUT2D eigenvalue weighted by molar-refractivity contribution is 0.0526. The predicted molar refractivity (Wildman–Crippen MR) is 114 cm³/mol. The highest BCUT2D eigenvalue weighted by Crippen LogP contribution is 2.38. The van der Waals surface area contributed by atoms with Gasteiger partial charge in [-0.05, 0) is 56.1 Å². The smallest absolute Gasteiger partial charge is 0.351 e. The molecule has 2 N–H and O–H groups in total. The van der Waals surface area contributed by atoms with Crippen molar-refractivity contribution in [2.24, 2.45) is 0 Å². The Hall–Kier alpha value is -3.86. The summed E-state index contributed by atoms with van der Waals surface area (Å²) < 4.78 is 5.02. The topological polar surface area (TPSA) is 108 Å². The zero-order valence-electron chi connectivity index (χ0n) is 16.4. The molecule has 3 heterocycles. The molecule has 0 bridgehead atoms. The van der Waals surface area contributed by atoms with Crippen molar-refractivity contribution in [3.8, 4) is 17.2 Å². The Labute approximate surface area is 174 Å². The fourth-order valence-corrected chi connectivity index (χ4v) is 3.64. The van der Waals surface area contributed by atoms with Crippen LogP contribution in [-0.2, 0) is 11.2 Å². The average molecular weight is 398 g/mol. The summed E-state index contributed by atoms with van der Waals surface area (Å²) in [5.74, 6) is 1.73. The largest absolute Gasteiger partial charge is 0.462 e. The standard InChI is InChI=1S/C22H19BN4O3/c1-2-30-22(29)15-3-5-16(6-4-15)26-20-18-17(7-10-23(13-24)21(18)28)27-19(20)14-8-11-25-12-9-14/h3-6,8-9,11-12,26-27H,2,7,10H2,1H3. The lowest BCUT2D eigenvalue weighted by atomic mass is 9.41. The quantitative estimate of drug-likeness (QED) is 0.500. The van der Waals surface area contributed by atoms with Crippen LogP contribution in [0.15, 0.2) is 48.8 Å². The van der Waals surface area contributed by atoms with Crippen molar-refractivity contribution in [2.75, 3.05) is 11.9 Å². The molecule has 0 atom stereocenters. The summed E-state index contributed by atoms with van der Waals surface area (Å²) in [4.78, 5) is 32.3. The maximum Gasteiger partial charge on any atom is 0.351 e. The fraction of sp³-hybridized carbons (Fsp3) is 0.182. The number of hydrogen-bond acceptors (Lipinski definition) is 6. The van der Waals surface area contributed by atoms with Gasteiger partial charge in [0, 0.05) is 35.3 Å². The van der Waals surface area contributed by atoms with E-state index in [-0.39, 0.29) is 11.7 Å². The number of carbonyl (C=O) groups is 2. The zero-order valence-corrected chi connectivity index (χ0v) is 16.4. The maximum atomic E-state index is 13.0. The molecule has 2 aromatic heterocycles. The van der Waals surface area contributed by atoms with Crippen LogP contribution in [0.4, 0.5) is 11.4 Å². The Morgan fingerprint density at radius 1 is 1.27 bits per heavy atom. The lowest BCUT2D eigenvalue weighted by Crippen LogP contribution is -2.30. The normalized spacial score (nSPS) is 12.8. The number of nitriles is 1. The van der Waals surface area contributed by atoms with E-state index < -0.39 is 6.71 Å². The number of nitrogens with zero attached hydrogens (tertiary/aromatic N) is 2. The molecule has 0 unspecified atom stereocenters. The molecule has 30 heavy (non-hydrogen) atoms. The molecule has 0 aliphatic carbocycles. The molecule has 1 aliphatic rings. The molecule has 0 spiro atoms. The monoisotopic (exact) mass is 398 g/mol.